The van der Waals surface area contributed by atoms with Crippen LogP contribution in [0.1, 0.15) is 5.56 Å². The van der Waals surface area contributed by atoms with Crippen LogP contribution in [-0.4, -0.2) is 51.5 Å². The van der Waals surface area contributed by atoms with Gasteiger partial charge in [-0.25, -0.2) is 0 Å². The normalized spacial score (nSPS) is 12.8. The molecule has 0 spiro atoms. The molecule has 1 atom stereocenters. The summed E-state index contributed by atoms with van der Waals surface area (Å²) in [6, 6.07) is 3.40. The molecule has 1 aromatic carbocycles. The van der Waals surface area contributed by atoms with E-state index in [0.717, 1.165) is 16.5 Å². The SMILES string of the molecule is N[C@@H](Cc1c[nH]c2ccc(O)cc12)C(=O)NC(CO)CO. The maximum absolute atomic E-state index is 11.9. The van der Waals surface area contributed by atoms with Crippen molar-refractivity contribution < 1.29 is 20.1 Å². The van der Waals surface area contributed by atoms with Crippen LogP contribution in [0.3, 0.4) is 0 Å². The van der Waals surface area contributed by atoms with E-state index >= 15 is 0 Å². The van der Waals surface area contributed by atoms with Gasteiger partial charge in [-0.3, -0.25) is 4.79 Å². The predicted molar refractivity (Wildman–Crippen MR) is 77.7 cm³/mol. The fourth-order valence-corrected chi connectivity index (χ4v) is 2.12. The number of aromatic amines is 1. The molecule has 1 heterocycles. The third-order valence-electron chi connectivity index (χ3n) is 3.31. The first-order valence-corrected chi connectivity index (χ1v) is 6.61. The topological polar surface area (TPSA) is 132 Å². The Morgan fingerprint density at radius 2 is 2.05 bits per heavy atom. The second-order valence-electron chi connectivity index (χ2n) is 4.93. The lowest BCUT2D eigenvalue weighted by molar-refractivity contribution is -0.123. The van der Waals surface area contributed by atoms with Crippen molar-refractivity contribution >= 4 is 16.8 Å². The molecule has 1 amide bonds. The Morgan fingerprint density at radius 3 is 2.71 bits per heavy atom. The molecule has 2 rings (SSSR count). The highest BCUT2D eigenvalue weighted by Gasteiger charge is 2.19. The summed E-state index contributed by atoms with van der Waals surface area (Å²) < 4.78 is 0. The van der Waals surface area contributed by atoms with E-state index in [1.807, 2.05) is 0 Å². The van der Waals surface area contributed by atoms with E-state index in [9.17, 15) is 9.90 Å². The van der Waals surface area contributed by atoms with Gasteiger partial charge in [0.2, 0.25) is 5.91 Å². The number of carbonyl (C=O) groups is 1. The van der Waals surface area contributed by atoms with Crippen LogP contribution >= 0.6 is 0 Å². The average molecular weight is 293 g/mol. The molecule has 0 saturated carbocycles. The maximum atomic E-state index is 11.9. The van der Waals surface area contributed by atoms with Gasteiger partial charge in [0.25, 0.3) is 0 Å². The zero-order valence-corrected chi connectivity index (χ0v) is 11.4. The quantitative estimate of drug-likeness (QED) is 0.415. The second kappa shape index (κ2) is 6.57. The van der Waals surface area contributed by atoms with Crippen LogP contribution in [0.5, 0.6) is 5.75 Å². The average Bonchev–Trinajstić information content (AvgIpc) is 2.86. The van der Waals surface area contributed by atoms with Gasteiger partial charge in [0.15, 0.2) is 0 Å². The van der Waals surface area contributed by atoms with Crippen LogP contribution in [-0.2, 0) is 11.2 Å². The number of rotatable bonds is 6. The number of hydrogen-bond donors (Lipinski definition) is 6. The van der Waals surface area contributed by atoms with Crippen molar-refractivity contribution in [3.63, 3.8) is 0 Å². The molecule has 114 valence electrons. The van der Waals surface area contributed by atoms with Crippen molar-refractivity contribution in [3.05, 3.63) is 30.0 Å². The van der Waals surface area contributed by atoms with Gasteiger partial charge < -0.3 is 31.4 Å². The third kappa shape index (κ3) is 3.52. The number of fused-ring (bicyclic) bond motifs is 1. The molecule has 7 nitrogen and oxygen atoms in total. The number of aliphatic hydroxyl groups excluding tert-OH is 2. The maximum Gasteiger partial charge on any atom is 0.237 e. The highest BCUT2D eigenvalue weighted by atomic mass is 16.3. The molecule has 21 heavy (non-hydrogen) atoms. The molecule has 0 aliphatic rings. The number of carbonyl (C=O) groups excluding carboxylic acids is 1. The lowest BCUT2D eigenvalue weighted by atomic mass is 10.0. The number of aromatic hydroxyl groups is 1. The van der Waals surface area contributed by atoms with Gasteiger partial charge in [-0.15, -0.1) is 0 Å². The molecular weight excluding hydrogens is 274 g/mol. The van der Waals surface area contributed by atoms with E-state index in [-0.39, 0.29) is 25.4 Å². The third-order valence-corrected chi connectivity index (χ3v) is 3.31. The summed E-state index contributed by atoms with van der Waals surface area (Å²) in [5, 5.41) is 30.7. The summed E-state index contributed by atoms with van der Waals surface area (Å²) in [7, 11) is 0. The molecule has 7 heteroatoms. The number of aliphatic hydroxyl groups is 2. The van der Waals surface area contributed by atoms with Crippen molar-refractivity contribution in [1.29, 1.82) is 0 Å². The fraction of sp³-hybridized carbons (Fsp3) is 0.357. The number of benzene rings is 1. The van der Waals surface area contributed by atoms with Crippen molar-refractivity contribution in [3.8, 4) is 5.75 Å². The molecular formula is C14H19N3O4. The standard InChI is InChI=1S/C14H19N3O4/c15-12(14(21)17-9(6-18)7-19)3-8-5-16-13-2-1-10(20)4-11(8)13/h1-2,4-5,9,12,16,18-20H,3,6-7,15H2,(H,17,21)/t12-/m0/s1. The van der Waals surface area contributed by atoms with E-state index in [1.54, 1.807) is 24.4 Å². The number of H-pyrrole nitrogens is 1. The van der Waals surface area contributed by atoms with Gasteiger partial charge in [-0.05, 0) is 30.2 Å². The Hall–Kier alpha value is -2.09. The molecule has 0 aliphatic heterocycles. The first kappa shape index (κ1) is 15.3. The second-order valence-corrected chi connectivity index (χ2v) is 4.93. The van der Waals surface area contributed by atoms with Crippen LogP contribution in [0, 0.1) is 0 Å². The molecule has 7 N–H and O–H groups in total. The summed E-state index contributed by atoms with van der Waals surface area (Å²) >= 11 is 0. The van der Waals surface area contributed by atoms with Crippen molar-refractivity contribution in [2.75, 3.05) is 13.2 Å². The van der Waals surface area contributed by atoms with Crippen LogP contribution in [0.15, 0.2) is 24.4 Å². The molecule has 0 bridgehead atoms. The lowest BCUT2D eigenvalue weighted by Gasteiger charge is -2.17. The zero-order valence-electron chi connectivity index (χ0n) is 11.4. The van der Waals surface area contributed by atoms with Gasteiger partial charge in [0.05, 0.1) is 25.3 Å². The summed E-state index contributed by atoms with van der Waals surface area (Å²) in [6.45, 7) is -0.703. The number of amides is 1. The Balaban J connectivity index is 2.09. The van der Waals surface area contributed by atoms with E-state index in [2.05, 4.69) is 10.3 Å². The fourth-order valence-electron chi connectivity index (χ4n) is 2.12. The summed E-state index contributed by atoms with van der Waals surface area (Å²) in [5.74, 6) is -0.306. The van der Waals surface area contributed by atoms with Crippen molar-refractivity contribution in [2.24, 2.45) is 5.73 Å². The van der Waals surface area contributed by atoms with Gasteiger partial charge in [-0.2, -0.15) is 0 Å². The number of hydrogen-bond acceptors (Lipinski definition) is 5. The minimum Gasteiger partial charge on any atom is -0.508 e. The molecule has 0 unspecified atom stereocenters. The number of nitrogens with one attached hydrogen (secondary N) is 2. The highest BCUT2D eigenvalue weighted by Crippen LogP contribution is 2.23. The Morgan fingerprint density at radius 1 is 1.33 bits per heavy atom. The van der Waals surface area contributed by atoms with Crippen LogP contribution < -0.4 is 11.1 Å². The molecule has 0 fully saturated rings. The number of aromatic nitrogens is 1. The molecule has 0 aliphatic carbocycles. The minimum atomic E-state index is -0.813. The Kier molecular flexibility index (Phi) is 4.79. The van der Waals surface area contributed by atoms with E-state index in [1.165, 1.54) is 0 Å². The van der Waals surface area contributed by atoms with E-state index < -0.39 is 18.0 Å². The summed E-state index contributed by atoms with van der Waals surface area (Å²) in [4.78, 5) is 14.9. The Bertz CT molecular complexity index is 622. The number of phenolic OH excluding ortho intramolecular Hbond substituents is 1. The van der Waals surface area contributed by atoms with Gasteiger partial charge in [-0.1, -0.05) is 0 Å². The molecule has 0 saturated heterocycles. The summed E-state index contributed by atoms with van der Waals surface area (Å²) in [5.41, 5.74) is 7.50. The zero-order chi connectivity index (χ0) is 15.4. The predicted octanol–water partition coefficient (Wildman–Crippen LogP) is -0.787. The largest absolute Gasteiger partial charge is 0.508 e. The van der Waals surface area contributed by atoms with E-state index in [0.29, 0.717) is 0 Å². The summed E-state index contributed by atoms with van der Waals surface area (Å²) in [6.07, 6.45) is 2.02. The number of nitrogens with two attached hydrogens (primary N) is 1. The minimum absolute atomic E-state index is 0.141. The van der Waals surface area contributed by atoms with E-state index in [4.69, 9.17) is 15.9 Å². The smallest absolute Gasteiger partial charge is 0.237 e. The van der Waals surface area contributed by atoms with Crippen molar-refractivity contribution in [2.45, 2.75) is 18.5 Å². The molecule has 1 aromatic heterocycles. The van der Waals surface area contributed by atoms with Gasteiger partial charge in [0.1, 0.15) is 5.75 Å². The van der Waals surface area contributed by atoms with Crippen LogP contribution in [0.4, 0.5) is 0 Å². The monoisotopic (exact) mass is 293 g/mol. The first-order chi connectivity index (χ1) is 10.0. The first-order valence-electron chi connectivity index (χ1n) is 6.61. The lowest BCUT2D eigenvalue weighted by Crippen LogP contribution is -2.48. The van der Waals surface area contributed by atoms with Gasteiger partial charge >= 0.3 is 0 Å². The molecule has 2 aromatic rings. The van der Waals surface area contributed by atoms with Crippen LogP contribution in [0.25, 0.3) is 10.9 Å². The Labute approximate surface area is 121 Å². The number of phenols is 1. The highest BCUT2D eigenvalue weighted by molar-refractivity contribution is 5.87. The molecule has 0 radical (unpaired) electrons. The van der Waals surface area contributed by atoms with Gasteiger partial charge in [0, 0.05) is 17.1 Å². The van der Waals surface area contributed by atoms with Crippen molar-refractivity contribution in [1.82, 2.24) is 10.3 Å². The van der Waals surface area contributed by atoms with Crippen LogP contribution in [0.2, 0.25) is 0 Å².